The summed E-state index contributed by atoms with van der Waals surface area (Å²) in [5.74, 6) is 0.678. The molecule has 1 fully saturated rings. The molecular formula is C14H30N2O. The zero-order valence-corrected chi connectivity index (χ0v) is 12.1. The van der Waals surface area contributed by atoms with Crippen LogP contribution in [0.2, 0.25) is 0 Å². The normalized spacial score (nSPS) is 29.1. The lowest BCUT2D eigenvalue weighted by Gasteiger charge is -2.52. The van der Waals surface area contributed by atoms with Gasteiger partial charge >= 0.3 is 0 Å². The van der Waals surface area contributed by atoms with Gasteiger partial charge in [0.25, 0.3) is 0 Å². The van der Waals surface area contributed by atoms with Crippen molar-refractivity contribution < 1.29 is 4.74 Å². The summed E-state index contributed by atoms with van der Waals surface area (Å²) in [6, 6.07) is 0.828. The van der Waals surface area contributed by atoms with Crippen molar-refractivity contribution in [3.05, 3.63) is 0 Å². The lowest BCUT2D eigenvalue weighted by molar-refractivity contribution is -0.114. The molecule has 3 N–H and O–H groups in total. The van der Waals surface area contributed by atoms with Crippen LogP contribution in [0.25, 0.3) is 0 Å². The van der Waals surface area contributed by atoms with E-state index in [0.717, 1.165) is 26.0 Å². The predicted molar refractivity (Wildman–Crippen MR) is 73.0 cm³/mol. The zero-order chi connectivity index (χ0) is 13.1. The van der Waals surface area contributed by atoms with Crippen molar-refractivity contribution in [2.75, 3.05) is 13.2 Å². The van der Waals surface area contributed by atoms with Gasteiger partial charge in [0.1, 0.15) is 0 Å². The molecule has 102 valence electrons. The van der Waals surface area contributed by atoms with Crippen molar-refractivity contribution in [2.45, 2.75) is 65.6 Å². The molecule has 3 unspecified atom stereocenters. The zero-order valence-electron chi connectivity index (χ0n) is 12.1. The Morgan fingerprint density at radius 2 is 2.06 bits per heavy atom. The van der Waals surface area contributed by atoms with Crippen molar-refractivity contribution in [1.29, 1.82) is 0 Å². The standard InChI is InChI=1S/C14H30N2O/c1-6-17-13-8-12(14(13,4)5)16-9-11(15)7-10(2)3/h10-13,16H,6-9,15H2,1-5H3. The first-order chi connectivity index (χ1) is 7.87. The Kier molecular flexibility index (Phi) is 5.42. The first kappa shape index (κ1) is 14.9. The van der Waals surface area contributed by atoms with Crippen LogP contribution in [-0.2, 0) is 4.74 Å². The van der Waals surface area contributed by atoms with Crippen LogP contribution in [0.1, 0.15) is 47.5 Å². The van der Waals surface area contributed by atoms with Gasteiger partial charge in [-0.1, -0.05) is 27.7 Å². The van der Waals surface area contributed by atoms with Gasteiger partial charge < -0.3 is 15.8 Å². The van der Waals surface area contributed by atoms with Gasteiger partial charge in [-0.2, -0.15) is 0 Å². The highest BCUT2D eigenvalue weighted by Crippen LogP contribution is 2.42. The average Bonchev–Trinajstić information content (AvgIpc) is 2.21. The van der Waals surface area contributed by atoms with E-state index in [9.17, 15) is 0 Å². The fraction of sp³-hybridized carbons (Fsp3) is 1.00. The van der Waals surface area contributed by atoms with E-state index in [2.05, 4.69) is 39.9 Å². The maximum atomic E-state index is 6.09. The molecule has 3 atom stereocenters. The minimum absolute atomic E-state index is 0.244. The summed E-state index contributed by atoms with van der Waals surface area (Å²) in [5.41, 5.74) is 6.33. The third-order valence-electron chi connectivity index (χ3n) is 3.95. The average molecular weight is 242 g/mol. The first-order valence-electron chi connectivity index (χ1n) is 6.98. The molecule has 0 radical (unpaired) electrons. The van der Waals surface area contributed by atoms with Crippen molar-refractivity contribution in [3.63, 3.8) is 0 Å². The van der Waals surface area contributed by atoms with Gasteiger partial charge in [-0.25, -0.2) is 0 Å². The number of nitrogens with one attached hydrogen (secondary N) is 1. The van der Waals surface area contributed by atoms with E-state index in [1.54, 1.807) is 0 Å². The predicted octanol–water partition coefficient (Wildman–Crippen LogP) is 2.15. The van der Waals surface area contributed by atoms with Crippen LogP contribution in [0.4, 0.5) is 0 Å². The van der Waals surface area contributed by atoms with Crippen LogP contribution < -0.4 is 11.1 Å². The third-order valence-corrected chi connectivity index (χ3v) is 3.95. The van der Waals surface area contributed by atoms with Crippen LogP contribution >= 0.6 is 0 Å². The quantitative estimate of drug-likeness (QED) is 0.719. The topological polar surface area (TPSA) is 47.3 Å². The second-order valence-corrected chi connectivity index (χ2v) is 6.35. The highest BCUT2D eigenvalue weighted by molar-refractivity contribution is 5.03. The number of rotatable bonds is 7. The summed E-state index contributed by atoms with van der Waals surface area (Å²) in [7, 11) is 0. The molecule has 1 rings (SSSR count). The summed E-state index contributed by atoms with van der Waals surface area (Å²) in [6.07, 6.45) is 2.62. The molecule has 3 heteroatoms. The highest BCUT2D eigenvalue weighted by atomic mass is 16.5. The Balaban J connectivity index is 2.26. The Morgan fingerprint density at radius 3 is 2.53 bits per heavy atom. The molecule has 1 saturated carbocycles. The maximum absolute atomic E-state index is 6.09. The van der Waals surface area contributed by atoms with Crippen molar-refractivity contribution >= 4 is 0 Å². The van der Waals surface area contributed by atoms with Gasteiger partial charge in [0.05, 0.1) is 6.10 Å². The molecule has 0 amide bonds. The number of nitrogens with two attached hydrogens (primary N) is 1. The lowest BCUT2D eigenvalue weighted by atomic mass is 9.64. The van der Waals surface area contributed by atoms with E-state index < -0.39 is 0 Å². The Labute approximate surface area is 106 Å². The summed E-state index contributed by atoms with van der Waals surface area (Å²) in [6.45, 7) is 12.8. The lowest BCUT2D eigenvalue weighted by Crippen LogP contribution is -2.62. The fourth-order valence-corrected chi connectivity index (χ4v) is 2.70. The van der Waals surface area contributed by atoms with Gasteiger partial charge in [-0.15, -0.1) is 0 Å². The van der Waals surface area contributed by atoms with E-state index in [4.69, 9.17) is 10.5 Å². The van der Waals surface area contributed by atoms with E-state index >= 15 is 0 Å². The first-order valence-corrected chi connectivity index (χ1v) is 6.98. The Morgan fingerprint density at radius 1 is 1.41 bits per heavy atom. The second-order valence-electron chi connectivity index (χ2n) is 6.35. The summed E-state index contributed by atoms with van der Waals surface area (Å²) in [5, 5.41) is 3.60. The van der Waals surface area contributed by atoms with E-state index in [0.29, 0.717) is 18.1 Å². The highest BCUT2D eigenvalue weighted by Gasteiger charge is 2.48. The monoisotopic (exact) mass is 242 g/mol. The SMILES string of the molecule is CCOC1CC(NCC(N)CC(C)C)C1(C)C. The molecule has 0 bridgehead atoms. The molecule has 0 spiro atoms. The third kappa shape index (κ3) is 3.94. The van der Waals surface area contributed by atoms with Gasteiger partial charge in [0.2, 0.25) is 0 Å². The summed E-state index contributed by atoms with van der Waals surface area (Å²) < 4.78 is 5.72. The van der Waals surface area contributed by atoms with E-state index in [-0.39, 0.29) is 11.5 Å². The van der Waals surface area contributed by atoms with Crippen LogP contribution in [0.3, 0.4) is 0 Å². The van der Waals surface area contributed by atoms with Crippen molar-refractivity contribution in [3.8, 4) is 0 Å². The van der Waals surface area contributed by atoms with Gasteiger partial charge in [0.15, 0.2) is 0 Å². The van der Waals surface area contributed by atoms with Crippen molar-refractivity contribution in [2.24, 2.45) is 17.1 Å². The molecule has 0 aromatic heterocycles. The molecule has 1 aliphatic rings. The smallest absolute Gasteiger partial charge is 0.0655 e. The van der Waals surface area contributed by atoms with Crippen LogP contribution in [0.15, 0.2) is 0 Å². The van der Waals surface area contributed by atoms with E-state index in [1.165, 1.54) is 0 Å². The van der Waals surface area contributed by atoms with E-state index in [1.807, 2.05) is 0 Å². The van der Waals surface area contributed by atoms with Crippen LogP contribution in [-0.4, -0.2) is 31.3 Å². The van der Waals surface area contributed by atoms with Gasteiger partial charge in [0, 0.05) is 30.7 Å². The molecule has 0 saturated heterocycles. The summed E-state index contributed by atoms with van der Waals surface area (Å²) >= 11 is 0. The number of ether oxygens (including phenoxy) is 1. The molecule has 0 aromatic rings. The minimum Gasteiger partial charge on any atom is -0.378 e. The molecule has 0 heterocycles. The molecule has 0 aliphatic heterocycles. The van der Waals surface area contributed by atoms with Crippen LogP contribution in [0.5, 0.6) is 0 Å². The molecule has 17 heavy (non-hydrogen) atoms. The molecule has 1 aliphatic carbocycles. The van der Waals surface area contributed by atoms with Gasteiger partial charge in [-0.05, 0) is 25.7 Å². The van der Waals surface area contributed by atoms with Crippen molar-refractivity contribution in [1.82, 2.24) is 5.32 Å². The molecule has 3 nitrogen and oxygen atoms in total. The summed E-state index contributed by atoms with van der Waals surface area (Å²) in [4.78, 5) is 0. The fourth-order valence-electron chi connectivity index (χ4n) is 2.70. The molecular weight excluding hydrogens is 212 g/mol. The maximum Gasteiger partial charge on any atom is 0.0655 e. The minimum atomic E-state index is 0.244. The Hall–Kier alpha value is -0.120. The van der Waals surface area contributed by atoms with Gasteiger partial charge in [-0.3, -0.25) is 0 Å². The molecule has 0 aromatic carbocycles. The Bertz CT molecular complexity index is 228. The second kappa shape index (κ2) is 6.17. The van der Waals surface area contributed by atoms with Crippen LogP contribution in [0, 0.1) is 11.3 Å². The largest absolute Gasteiger partial charge is 0.378 e. The number of hydrogen-bond acceptors (Lipinski definition) is 3. The number of hydrogen-bond donors (Lipinski definition) is 2.